The summed E-state index contributed by atoms with van der Waals surface area (Å²) in [5.74, 6) is 0.0734. The molecule has 0 aliphatic rings. The summed E-state index contributed by atoms with van der Waals surface area (Å²) in [7, 11) is 0. The first-order valence-corrected chi connectivity index (χ1v) is 5.48. The number of nitrogens with zero attached hydrogens (tertiary/aromatic N) is 2. The quantitative estimate of drug-likeness (QED) is 0.825. The highest BCUT2D eigenvalue weighted by atomic mass is 32.1. The molecule has 0 bridgehead atoms. The number of aryl methyl sites for hydroxylation is 2. The molecule has 0 amide bonds. The van der Waals surface area contributed by atoms with E-state index >= 15 is 0 Å². The molecule has 0 aromatic carbocycles. The van der Waals surface area contributed by atoms with Crippen molar-refractivity contribution >= 4 is 11.3 Å². The van der Waals surface area contributed by atoms with Crippen LogP contribution in [0.3, 0.4) is 0 Å². The van der Waals surface area contributed by atoms with E-state index in [9.17, 15) is 0 Å². The van der Waals surface area contributed by atoms with E-state index in [4.69, 9.17) is 5.26 Å². The Balaban J connectivity index is 2.39. The van der Waals surface area contributed by atoms with Crippen LogP contribution in [0.5, 0.6) is 0 Å². The van der Waals surface area contributed by atoms with Crippen molar-refractivity contribution in [2.45, 2.75) is 27.3 Å². The molecular formula is C10H15N3S. The lowest BCUT2D eigenvalue weighted by Gasteiger charge is -2.03. The summed E-state index contributed by atoms with van der Waals surface area (Å²) in [6.45, 7) is 7.52. The van der Waals surface area contributed by atoms with Crippen LogP contribution >= 0.6 is 11.3 Å². The third-order valence-corrected chi connectivity index (χ3v) is 3.03. The highest BCUT2D eigenvalue weighted by Gasteiger charge is 2.04. The molecule has 0 fully saturated rings. The maximum absolute atomic E-state index is 8.59. The molecule has 4 heteroatoms. The zero-order valence-electron chi connectivity index (χ0n) is 8.79. The van der Waals surface area contributed by atoms with E-state index in [0.29, 0.717) is 0 Å². The lowest BCUT2D eigenvalue weighted by atomic mass is 10.2. The van der Waals surface area contributed by atoms with Crippen molar-refractivity contribution in [3.05, 3.63) is 15.6 Å². The molecule has 1 atom stereocenters. The van der Waals surface area contributed by atoms with Gasteiger partial charge in [-0.05, 0) is 20.8 Å². The van der Waals surface area contributed by atoms with Crippen molar-refractivity contribution in [1.29, 1.82) is 5.26 Å². The molecule has 1 aromatic rings. The minimum absolute atomic E-state index is 0.0734. The van der Waals surface area contributed by atoms with E-state index in [1.165, 1.54) is 4.88 Å². The van der Waals surface area contributed by atoms with Gasteiger partial charge in [-0.1, -0.05) is 0 Å². The number of thiazole rings is 1. The molecular weight excluding hydrogens is 194 g/mol. The van der Waals surface area contributed by atoms with Gasteiger partial charge < -0.3 is 5.32 Å². The smallest absolute Gasteiger partial charge is 0.0900 e. The lowest BCUT2D eigenvalue weighted by molar-refractivity contribution is 0.604. The Kier molecular flexibility index (Phi) is 4.05. The minimum atomic E-state index is 0.0734. The Morgan fingerprint density at radius 2 is 2.29 bits per heavy atom. The molecule has 76 valence electrons. The monoisotopic (exact) mass is 209 g/mol. The minimum Gasteiger partial charge on any atom is -0.310 e. The maximum Gasteiger partial charge on any atom is 0.0900 e. The van der Waals surface area contributed by atoms with Crippen molar-refractivity contribution < 1.29 is 0 Å². The number of hydrogen-bond acceptors (Lipinski definition) is 4. The van der Waals surface area contributed by atoms with Gasteiger partial charge in [0.2, 0.25) is 0 Å². The number of aromatic nitrogens is 1. The largest absolute Gasteiger partial charge is 0.310 e. The van der Waals surface area contributed by atoms with Gasteiger partial charge in [-0.3, -0.25) is 0 Å². The summed E-state index contributed by atoms with van der Waals surface area (Å²) < 4.78 is 0. The molecule has 3 nitrogen and oxygen atoms in total. The van der Waals surface area contributed by atoms with Crippen LogP contribution in [0.15, 0.2) is 0 Å². The molecule has 1 aromatic heterocycles. The summed E-state index contributed by atoms with van der Waals surface area (Å²) in [6.07, 6.45) is 0. The summed E-state index contributed by atoms with van der Waals surface area (Å²) in [5, 5.41) is 12.9. The van der Waals surface area contributed by atoms with Crippen LogP contribution in [-0.2, 0) is 6.54 Å². The number of nitrogens with one attached hydrogen (secondary N) is 1. The summed E-state index contributed by atoms with van der Waals surface area (Å²) in [6, 6.07) is 2.20. The van der Waals surface area contributed by atoms with E-state index in [1.54, 1.807) is 11.3 Å². The Bertz CT molecular complexity index is 338. The Morgan fingerprint density at radius 1 is 1.57 bits per heavy atom. The zero-order chi connectivity index (χ0) is 10.6. The highest BCUT2D eigenvalue weighted by Crippen LogP contribution is 2.16. The Hall–Kier alpha value is -0.920. The van der Waals surface area contributed by atoms with Crippen LogP contribution in [0.1, 0.15) is 22.5 Å². The van der Waals surface area contributed by atoms with E-state index in [0.717, 1.165) is 23.8 Å². The van der Waals surface area contributed by atoms with Crippen LogP contribution in [0.2, 0.25) is 0 Å². The molecule has 14 heavy (non-hydrogen) atoms. The second-order valence-corrected chi connectivity index (χ2v) is 4.69. The molecule has 1 rings (SSSR count). The molecule has 0 aliphatic heterocycles. The SMILES string of the molecule is Cc1nc(C)c(CNCC(C)C#N)s1. The van der Waals surface area contributed by atoms with Gasteiger partial charge in [0.1, 0.15) is 0 Å². The van der Waals surface area contributed by atoms with E-state index in [-0.39, 0.29) is 5.92 Å². The predicted molar refractivity (Wildman–Crippen MR) is 58.1 cm³/mol. The van der Waals surface area contributed by atoms with Gasteiger partial charge in [-0.25, -0.2) is 4.98 Å². The van der Waals surface area contributed by atoms with Crippen molar-refractivity contribution in [3.63, 3.8) is 0 Å². The van der Waals surface area contributed by atoms with Gasteiger partial charge in [0.25, 0.3) is 0 Å². The van der Waals surface area contributed by atoms with Crippen molar-refractivity contribution in [3.8, 4) is 6.07 Å². The molecule has 0 aliphatic carbocycles. The van der Waals surface area contributed by atoms with Crippen LogP contribution in [0.25, 0.3) is 0 Å². The van der Waals surface area contributed by atoms with Crippen molar-refractivity contribution in [1.82, 2.24) is 10.3 Å². The second kappa shape index (κ2) is 5.08. The number of nitriles is 1. The Morgan fingerprint density at radius 3 is 2.79 bits per heavy atom. The van der Waals surface area contributed by atoms with Gasteiger partial charge >= 0.3 is 0 Å². The first-order valence-electron chi connectivity index (χ1n) is 4.66. The van der Waals surface area contributed by atoms with Crippen LogP contribution in [0, 0.1) is 31.1 Å². The summed E-state index contributed by atoms with van der Waals surface area (Å²) >= 11 is 1.72. The summed E-state index contributed by atoms with van der Waals surface area (Å²) in [5.41, 5.74) is 1.10. The number of rotatable bonds is 4. The van der Waals surface area contributed by atoms with Crippen molar-refractivity contribution in [2.24, 2.45) is 5.92 Å². The molecule has 0 spiro atoms. The third kappa shape index (κ3) is 3.09. The highest BCUT2D eigenvalue weighted by molar-refractivity contribution is 7.11. The maximum atomic E-state index is 8.59. The van der Waals surface area contributed by atoms with E-state index < -0.39 is 0 Å². The normalized spacial score (nSPS) is 12.4. The fourth-order valence-corrected chi connectivity index (χ4v) is 2.09. The first kappa shape index (κ1) is 11.2. The molecule has 0 saturated heterocycles. The fourth-order valence-electron chi connectivity index (χ4n) is 1.19. The average Bonchev–Trinajstić information content (AvgIpc) is 2.45. The molecule has 0 radical (unpaired) electrons. The average molecular weight is 209 g/mol. The molecule has 1 unspecified atom stereocenters. The molecule has 0 saturated carbocycles. The van der Waals surface area contributed by atoms with Crippen molar-refractivity contribution in [2.75, 3.05) is 6.54 Å². The Labute approximate surface area is 88.8 Å². The van der Waals surface area contributed by atoms with Crippen LogP contribution in [0.4, 0.5) is 0 Å². The zero-order valence-corrected chi connectivity index (χ0v) is 9.61. The number of hydrogen-bond donors (Lipinski definition) is 1. The van der Waals surface area contributed by atoms with E-state index in [1.807, 2.05) is 20.8 Å². The predicted octanol–water partition coefficient (Wildman–Crippen LogP) is 2.01. The molecule has 1 N–H and O–H groups in total. The first-order chi connectivity index (χ1) is 6.63. The van der Waals surface area contributed by atoms with E-state index in [2.05, 4.69) is 16.4 Å². The van der Waals surface area contributed by atoms with Crippen LogP contribution in [-0.4, -0.2) is 11.5 Å². The second-order valence-electron chi connectivity index (χ2n) is 3.40. The topological polar surface area (TPSA) is 48.7 Å². The molecule has 1 heterocycles. The standard InChI is InChI=1S/C10H15N3S/c1-7(4-11)5-12-6-10-8(2)13-9(3)14-10/h7,12H,5-6H2,1-3H3. The van der Waals surface area contributed by atoms with Gasteiger partial charge in [-0.15, -0.1) is 11.3 Å². The van der Waals surface area contributed by atoms with Crippen LogP contribution < -0.4 is 5.32 Å². The van der Waals surface area contributed by atoms with Gasteiger partial charge in [0.15, 0.2) is 0 Å². The fraction of sp³-hybridized carbons (Fsp3) is 0.600. The summed E-state index contributed by atoms with van der Waals surface area (Å²) in [4.78, 5) is 5.61. The lowest BCUT2D eigenvalue weighted by Crippen LogP contribution is -2.19. The van der Waals surface area contributed by atoms with Gasteiger partial charge in [0.05, 0.1) is 22.7 Å². The third-order valence-electron chi connectivity index (χ3n) is 1.96. The van der Waals surface area contributed by atoms with Gasteiger partial charge in [0, 0.05) is 18.0 Å². The van der Waals surface area contributed by atoms with Gasteiger partial charge in [-0.2, -0.15) is 5.26 Å².